The minimum atomic E-state index is -0.380. The molecule has 2 aromatic rings. The smallest absolute Gasteiger partial charge is 0.399 e. The van der Waals surface area contributed by atoms with Crippen LogP contribution in [-0.4, -0.2) is 33.1 Å². The normalized spacial score (nSPS) is 20.0. The number of nitrogens with zero attached hydrogens (tertiary/aromatic N) is 3. The van der Waals surface area contributed by atoms with Crippen molar-refractivity contribution in [2.45, 2.75) is 45.8 Å². The van der Waals surface area contributed by atoms with Crippen LogP contribution < -0.4 is 5.46 Å². The van der Waals surface area contributed by atoms with Gasteiger partial charge in [-0.25, -0.2) is 9.67 Å². The van der Waals surface area contributed by atoms with E-state index >= 15 is 0 Å². The molecule has 0 aliphatic carbocycles. The Morgan fingerprint density at radius 2 is 1.76 bits per heavy atom. The van der Waals surface area contributed by atoms with Crippen molar-refractivity contribution in [2.24, 2.45) is 0 Å². The van der Waals surface area contributed by atoms with Crippen LogP contribution >= 0.6 is 0 Å². The van der Waals surface area contributed by atoms with Crippen LogP contribution in [0.1, 0.15) is 33.4 Å². The van der Waals surface area contributed by atoms with E-state index < -0.39 is 0 Å². The zero-order valence-electron chi connectivity index (χ0n) is 13.1. The second kappa shape index (κ2) is 4.68. The van der Waals surface area contributed by atoms with E-state index in [9.17, 15) is 0 Å². The summed E-state index contributed by atoms with van der Waals surface area (Å²) in [6.45, 7) is 10.2. The van der Waals surface area contributed by atoms with Gasteiger partial charge < -0.3 is 9.31 Å². The molecule has 1 fully saturated rings. The van der Waals surface area contributed by atoms with E-state index in [-0.39, 0.29) is 18.3 Å². The predicted molar refractivity (Wildman–Crippen MR) is 81.8 cm³/mol. The summed E-state index contributed by atoms with van der Waals surface area (Å²) in [5, 5.41) is 4.19. The molecular weight excluding hydrogens is 265 g/mol. The number of pyridine rings is 1. The summed E-state index contributed by atoms with van der Waals surface area (Å²) in [6, 6.07) is 5.81. The first-order chi connectivity index (χ1) is 9.80. The number of rotatable bonds is 2. The van der Waals surface area contributed by atoms with E-state index in [0.29, 0.717) is 0 Å². The molecule has 0 spiro atoms. The van der Waals surface area contributed by atoms with Crippen LogP contribution in [0.2, 0.25) is 0 Å². The van der Waals surface area contributed by atoms with Gasteiger partial charge in [-0.05, 0) is 46.8 Å². The summed E-state index contributed by atoms with van der Waals surface area (Å²) in [7, 11) is -0.380. The van der Waals surface area contributed by atoms with E-state index in [1.54, 1.807) is 10.9 Å². The molecule has 0 aromatic carbocycles. The van der Waals surface area contributed by atoms with Crippen LogP contribution in [-0.2, 0) is 9.31 Å². The van der Waals surface area contributed by atoms with Crippen molar-refractivity contribution in [1.82, 2.24) is 14.8 Å². The van der Waals surface area contributed by atoms with Crippen molar-refractivity contribution in [2.75, 3.05) is 0 Å². The molecule has 3 heterocycles. The molecule has 2 aromatic heterocycles. The molecule has 110 valence electrons. The maximum atomic E-state index is 6.08. The summed E-state index contributed by atoms with van der Waals surface area (Å²) in [6.07, 6.45) is 3.61. The van der Waals surface area contributed by atoms with Gasteiger partial charge in [0.15, 0.2) is 5.82 Å². The van der Waals surface area contributed by atoms with Gasteiger partial charge in [0.05, 0.1) is 11.2 Å². The van der Waals surface area contributed by atoms with Crippen molar-refractivity contribution in [3.63, 3.8) is 0 Å². The van der Waals surface area contributed by atoms with E-state index in [4.69, 9.17) is 9.31 Å². The van der Waals surface area contributed by atoms with Crippen molar-refractivity contribution < 1.29 is 9.31 Å². The standard InChI is InChI=1S/C15H20BN3O2/c1-11-12(16-20-14(2,3)15(4,5)21-16)7-8-13(18-11)19-10-6-9-17-19/h6-10H,1-5H3. The number of aromatic nitrogens is 3. The fourth-order valence-corrected chi connectivity index (χ4v) is 2.31. The van der Waals surface area contributed by atoms with Gasteiger partial charge in [-0.1, -0.05) is 6.07 Å². The number of hydrogen-bond donors (Lipinski definition) is 0. The van der Waals surface area contributed by atoms with Gasteiger partial charge in [0, 0.05) is 23.6 Å². The molecule has 0 bridgehead atoms. The fourth-order valence-electron chi connectivity index (χ4n) is 2.31. The SMILES string of the molecule is Cc1nc(-n2cccn2)ccc1B1OC(C)(C)C(C)(C)O1. The van der Waals surface area contributed by atoms with Crippen LogP contribution in [0.15, 0.2) is 30.6 Å². The molecule has 0 radical (unpaired) electrons. The lowest BCUT2D eigenvalue weighted by Crippen LogP contribution is -2.41. The molecule has 0 atom stereocenters. The molecule has 0 saturated carbocycles. The van der Waals surface area contributed by atoms with Crippen molar-refractivity contribution in [1.29, 1.82) is 0 Å². The molecule has 3 rings (SSSR count). The Bertz CT molecular complexity index is 637. The minimum absolute atomic E-state index is 0.342. The molecule has 0 N–H and O–H groups in total. The average Bonchev–Trinajstić information content (AvgIpc) is 2.96. The highest BCUT2D eigenvalue weighted by Gasteiger charge is 2.52. The van der Waals surface area contributed by atoms with Gasteiger partial charge in [-0.3, -0.25) is 0 Å². The first kappa shape index (κ1) is 14.3. The highest BCUT2D eigenvalue weighted by molar-refractivity contribution is 6.62. The van der Waals surface area contributed by atoms with Crippen LogP contribution in [0.4, 0.5) is 0 Å². The van der Waals surface area contributed by atoms with Crippen molar-refractivity contribution in [3.05, 3.63) is 36.3 Å². The summed E-state index contributed by atoms with van der Waals surface area (Å²) in [5.74, 6) is 0.790. The largest absolute Gasteiger partial charge is 0.496 e. The zero-order chi connectivity index (χ0) is 15.3. The van der Waals surface area contributed by atoms with Crippen LogP contribution in [0, 0.1) is 6.92 Å². The summed E-state index contributed by atoms with van der Waals surface area (Å²) >= 11 is 0. The molecule has 1 aliphatic rings. The maximum absolute atomic E-state index is 6.08. The Kier molecular flexibility index (Phi) is 3.18. The van der Waals surface area contributed by atoms with Crippen molar-refractivity contribution >= 4 is 12.6 Å². The summed E-state index contributed by atoms with van der Waals surface area (Å²) < 4.78 is 13.9. The van der Waals surface area contributed by atoms with E-state index in [2.05, 4.69) is 10.1 Å². The van der Waals surface area contributed by atoms with Gasteiger partial charge in [-0.2, -0.15) is 5.10 Å². The molecular formula is C15H20BN3O2. The topological polar surface area (TPSA) is 49.2 Å². The van der Waals surface area contributed by atoms with Gasteiger partial charge in [-0.15, -0.1) is 0 Å². The molecule has 21 heavy (non-hydrogen) atoms. The quantitative estimate of drug-likeness (QED) is 0.790. The van der Waals surface area contributed by atoms with Gasteiger partial charge in [0.25, 0.3) is 0 Å². The first-order valence-corrected chi connectivity index (χ1v) is 7.13. The Labute approximate surface area is 125 Å². The Hall–Kier alpha value is -1.66. The lowest BCUT2D eigenvalue weighted by molar-refractivity contribution is 0.00578. The van der Waals surface area contributed by atoms with E-state index in [0.717, 1.165) is 17.0 Å². The first-order valence-electron chi connectivity index (χ1n) is 7.13. The van der Waals surface area contributed by atoms with Gasteiger partial charge >= 0.3 is 7.12 Å². The highest BCUT2D eigenvalue weighted by Crippen LogP contribution is 2.36. The molecule has 0 amide bonds. The average molecular weight is 285 g/mol. The van der Waals surface area contributed by atoms with Crippen LogP contribution in [0.5, 0.6) is 0 Å². The lowest BCUT2D eigenvalue weighted by atomic mass is 9.78. The highest BCUT2D eigenvalue weighted by atomic mass is 16.7. The van der Waals surface area contributed by atoms with Crippen LogP contribution in [0.3, 0.4) is 0 Å². The molecule has 6 heteroatoms. The maximum Gasteiger partial charge on any atom is 0.496 e. The molecule has 5 nitrogen and oxygen atoms in total. The number of aryl methyl sites for hydroxylation is 1. The third-order valence-corrected chi connectivity index (χ3v) is 4.36. The zero-order valence-corrected chi connectivity index (χ0v) is 13.1. The summed E-state index contributed by atoms with van der Waals surface area (Å²) in [5.41, 5.74) is 1.17. The predicted octanol–water partition coefficient (Wildman–Crippen LogP) is 1.87. The molecule has 1 aliphatic heterocycles. The van der Waals surface area contributed by atoms with Gasteiger partial charge in [0.2, 0.25) is 0 Å². The molecule has 1 saturated heterocycles. The second-order valence-electron chi connectivity index (χ2n) is 6.38. The second-order valence-corrected chi connectivity index (χ2v) is 6.38. The van der Waals surface area contributed by atoms with Gasteiger partial charge in [0.1, 0.15) is 0 Å². The third kappa shape index (κ3) is 2.38. The monoisotopic (exact) mass is 285 g/mol. The van der Waals surface area contributed by atoms with Crippen molar-refractivity contribution in [3.8, 4) is 5.82 Å². The Morgan fingerprint density at radius 1 is 1.10 bits per heavy atom. The molecule has 0 unspecified atom stereocenters. The van der Waals surface area contributed by atoms with Crippen LogP contribution in [0.25, 0.3) is 5.82 Å². The minimum Gasteiger partial charge on any atom is -0.399 e. The van der Waals surface area contributed by atoms with E-state index in [1.165, 1.54) is 0 Å². The Balaban J connectivity index is 1.91. The third-order valence-electron chi connectivity index (χ3n) is 4.36. The fraction of sp³-hybridized carbons (Fsp3) is 0.467. The number of hydrogen-bond acceptors (Lipinski definition) is 4. The Morgan fingerprint density at radius 3 is 2.29 bits per heavy atom. The lowest BCUT2D eigenvalue weighted by Gasteiger charge is -2.32. The van der Waals surface area contributed by atoms with E-state index in [1.807, 2.05) is 59.0 Å². The summed E-state index contributed by atoms with van der Waals surface area (Å²) in [4.78, 5) is 4.60.